The number of anilines is 2. The zero-order valence-corrected chi connectivity index (χ0v) is 33.8. The fourth-order valence-electron chi connectivity index (χ4n) is 8.66. The lowest BCUT2D eigenvalue weighted by atomic mass is 9.98. The summed E-state index contributed by atoms with van der Waals surface area (Å²) in [5.74, 6) is -0.0131. The van der Waals surface area contributed by atoms with Crippen LogP contribution in [0.3, 0.4) is 0 Å². The Labute approximate surface area is 344 Å². The molecule has 4 aromatic carbocycles. The number of nitrogens with two attached hydrogens (primary N) is 1. The first-order chi connectivity index (χ1) is 28.4. The van der Waals surface area contributed by atoms with Crippen molar-refractivity contribution in [2.45, 2.75) is 108 Å². The fourth-order valence-corrected chi connectivity index (χ4v) is 8.66. The summed E-state index contributed by atoms with van der Waals surface area (Å²) in [5.41, 5.74) is 13.3. The van der Waals surface area contributed by atoms with E-state index < -0.39 is 6.29 Å². The number of carbonyl (C=O) groups excluding carboxylic acids is 2. The van der Waals surface area contributed by atoms with E-state index in [1.165, 1.54) is 38.8 Å². The maximum absolute atomic E-state index is 12.7. The third-order valence-electron chi connectivity index (χ3n) is 11.9. The number of hydrogen-bond donors (Lipinski definition) is 4. The van der Waals surface area contributed by atoms with Crippen LogP contribution in [0, 0.1) is 0 Å². The van der Waals surface area contributed by atoms with Gasteiger partial charge in [-0.15, -0.1) is 0 Å². The molecule has 10 nitrogen and oxygen atoms in total. The van der Waals surface area contributed by atoms with Crippen molar-refractivity contribution in [1.82, 2.24) is 15.1 Å². The van der Waals surface area contributed by atoms with Gasteiger partial charge in [0.15, 0.2) is 6.29 Å². The van der Waals surface area contributed by atoms with Crippen molar-refractivity contribution in [3.8, 4) is 11.1 Å². The van der Waals surface area contributed by atoms with Crippen LogP contribution in [0.15, 0.2) is 97.1 Å². The van der Waals surface area contributed by atoms with Crippen molar-refractivity contribution in [3.05, 3.63) is 119 Å². The molecule has 2 amide bonds. The third-order valence-corrected chi connectivity index (χ3v) is 11.9. The second kappa shape index (κ2) is 20.9. The van der Waals surface area contributed by atoms with Gasteiger partial charge in [0.2, 0.25) is 11.8 Å². The molecule has 0 saturated carbocycles. The van der Waals surface area contributed by atoms with Gasteiger partial charge in [0.25, 0.3) is 0 Å². The summed E-state index contributed by atoms with van der Waals surface area (Å²) in [6, 6.07) is 32.7. The van der Waals surface area contributed by atoms with Gasteiger partial charge in [-0.2, -0.15) is 0 Å². The van der Waals surface area contributed by atoms with Crippen LogP contribution in [0.4, 0.5) is 11.4 Å². The molecule has 10 heteroatoms. The van der Waals surface area contributed by atoms with Gasteiger partial charge in [0, 0.05) is 50.5 Å². The predicted molar refractivity (Wildman–Crippen MR) is 230 cm³/mol. The summed E-state index contributed by atoms with van der Waals surface area (Å²) in [6.07, 6.45) is 9.47. The number of carbonyl (C=O) groups is 2. The second-order valence-electron chi connectivity index (χ2n) is 16.3. The van der Waals surface area contributed by atoms with Gasteiger partial charge < -0.3 is 35.8 Å². The van der Waals surface area contributed by atoms with E-state index in [1.807, 2.05) is 36.4 Å². The molecule has 0 bridgehead atoms. The van der Waals surface area contributed by atoms with Crippen LogP contribution in [0.2, 0.25) is 0 Å². The number of ether oxygens (including phenoxy) is 2. The Kier molecular flexibility index (Phi) is 15.0. The Morgan fingerprint density at radius 2 is 1.47 bits per heavy atom. The monoisotopic (exact) mass is 787 g/mol. The Morgan fingerprint density at radius 3 is 2.24 bits per heavy atom. The number of hydrogen-bond acceptors (Lipinski definition) is 8. The van der Waals surface area contributed by atoms with Gasteiger partial charge in [0.1, 0.15) is 0 Å². The van der Waals surface area contributed by atoms with Crippen LogP contribution in [-0.4, -0.2) is 71.6 Å². The number of nitrogens with one attached hydrogen (secondary N) is 2. The average molecular weight is 788 g/mol. The SMILES string of the molecule is Nc1ccccc1NC(=O)CCCCCCC(=O)NCc1cccc(-c2cccc([C@@H]3O[C@H](CN4CCC[C@H]4CN4CCCC4)C[C@H](c4ccc(CO)cc4)O3)c2)c1. The number of nitrogens with zero attached hydrogens (tertiary/aromatic N) is 2. The van der Waals surface area contributed by atoms with E-state index in [0.717, 1.165) is 85.1 Å². The van der Waals surface area contributed by atoms with Crippen LogP contribution in [0.1, 0.15) is 105 Å². The number of benzene rings is 4. The zero-order valence-electron chi connectivity index (χ0n) is 33.8. The minimum Gasteiger partial charge on any atom is -0.397 e. The molecular formula is C48H61N5O5. The van der Waals surface area contributed by atoms with Crippen molar-refractivity contribution in [2.24, 2.45) is 0 Å². The highest BCUT2D eigenvalue weighted by Gasteiger charge is 2.36. The van der Waals surface area contributed by atoms with Gasteiger partial charge in [-0.3, -0.25) is 14.5 Å². The Hall–Kier alpha value is -4.58. The van der Waals surface area contributed by atoms with Crippen molar-refractivity contribution < 1.29 is 24.2 Å². The van der Waals surface area contributed by atoms with Crippen LogP contribution in [-0.2, 0) is 32.2 Å². The van der Waals surface area contributed by atoms with Crippen molar-refractivity contribution in [2.75, 3.05) is 43.8 Å². The van der Waals surface area contributed by atoms with Crippen LogP contribution in [0.5, 0.6) is 0 Å². The molecule has 0 aromatic heterocycles. The molecule has 4 aromatic rings. The standard InChI is InChI=1S/C48H61N5O5/c49-43-17-5-6-18-44(43)51-47(56)20-4-2-1-3-19-46(55)50-31-36-12-9-13-38(28-36)39-14-10-15-40(29-39)48-57-42(30-45(58-48)37-23-21-35(34-54)22-24-37)33-53-27-11-16-41(53)32-52-25-7-8-26-52/h5-6,9-10,12-15,17-18,21-24,28-29,41-42,45,48,54H,1-4,7-8,11,16,19-20,25-27,30-34,49H2,(H,50,55)(H,51,56)/t41-,42-,45+,48+/m0/s1. The summed E-state index contributed by atoms with van der Waals surface area (Å²) < 4.78 is 13.6. The number of rotatable bonds is 18. The van der Waals surface area contributed by atoms with Crippen molar-refractivity contribution in [3.63, 3.8) is 0 Å². The van der Waals surface area contributed by atoms with E-state index in [9.17, 15) is 14.7 Å². The molecule has 7 rings (SSSR count). The first-order valence-electron chi connectivity index (χ1n) is 21.5. The highest BCUT2D eigenvalue weighted by molar-refractivity contribution is 5.93. The minimum atomic E-state index is -0.519. The molecule has 0 aliphatic carbocycles. The summed E-state index contributed by atoms with van der Waals surface area (Å²) >= 11 is 0. The van der Waals surface area contributed by atoms with Gasteiger partial charge in [-0.05, 0) is 110 Å². The van der Waals surface area contributed by atoms with Crippen LogP contribution in [0.25, 0.3) is 11.1 Å². The molecule has 5 N–H and O–H groups in total. The summed E-state index contributed by atoms with van der Waals surface area (Å²) in [4.78, 5) is 30.3. The number of amides is 2. The van der Waals surface area contributed by atoms with Gasteiger partial charge in [0.05, 0.1) is 30.2 Å². The average Bonchev–Trinajstić information content (AvgIpc) is 3.94. The third kappa shape index (κ3) is 11.8. The fraction of sp³-hybridized carbons (Fsp3) is 0.458. The van der Waals surface area contributed by atoms with Crippen molar-refractivity contribution >= 4 is 23.2 Å². The molecule has 3 heterocycles. The molecule has 0 spiro atoms. The first kappa shape index (κ1) is 41.6. The van der Waals surface area contributed by atoms with Gasteiger partial charge >= 0.3 is 0 Å². The molecule has 308 valence electrons. The van der Waals surface area contributed by atoms with Gasteiger partial charge in [-0.25, -0.2) is 0 Å². The Bertz CT molecular complexity index is 1930. The van der Waals surface area contributed by atoms with Gasteiger partial charge in [-0.1, -0.05) is 85.6 Å². The summed E-state index contributed by atoms with van der Waals surface area (Å²) in [6.45, 7) is 6.07. The quantitative estimate of drug-likeness (QED) is 0.0588. The maximum atomic E-state index is 12.7. The molecule has 0 unspecified atom stereocenters. The Balaban J connectivity index is 0.922. The lowest BCUT2D eigenvalue weighted by molar-refractivity contribution is -0.253. The zero-order chi connectivity index (χ0) is 40.1. The lowest BCUT2D eigenvalue weighted by Crippen LogP contribution is -2.45. The molecule has 0 radical (unpaired) electrons. The number of nitrogen functional groups attached to an aromatic ring is 1. The van der Waals surface area contributed by atoms with E-state index in [0.29, 0.717) is 36.8 Å². The van der Waals surface area contributed by atoms with E-state index >= 15 is 0 Å². The van der Waals surface area contributed by atoms with E-state index in [2.05, 4.69) is 69.0 Å². The largest absolute Gasteiger partial charge is 0.397 e. The van der Waals surface area contributed by atoms with E-state index in [4.69, 9.17) is 15.2 Å². The first-order valence-corrected chi connectivity index (χ1v) is 21.5. The summed E-state index contributed by atoms with van der Waals surface area (Å²) in [5, 5.41) is 15.6. The number of para-hydroxylation sites is 2. The molecule has 3 aliphatic rings. The predicted octanol–water partition coefficient (Wildman–Crippen LogP) is 8.13. The van der Waals surface area contributed by atoms with Crippen molar-refractivity contribution in [1.29, 1.82) is 0 Å². The van der Waals surface area contributed by atoms with Crippen LogP contribution < -0.4 is 16.4 Å². The Morgan fingerprint density at radius 1 is 0.724 bits per heavy atom. The number of aliphatic hydroxyl groups excluding tert-OH is 1. The maximum Gasteiger partial charge on any atom is 0.224 e. The highest BCUT2D eigenvalue weighted by Crippen LogP contribution is 2.40. The lowest BCUT2D eigenvalue weighted by Gasteiger charge is -2.39. The molecule has 3 saturated heterocycles. The number of unbranched alkanes of at least 4 members (excludes halogenated alkanes) is 3. The molecule has 58 heavy (non-hydrogen) atoms. The van der Waals surface area contributed by atoms with Crippen LogP contribution >= 0.6 is 0 Å². The highest BCUT2D eigenvalue weighted by atomic mass is 16.7. The molecule has 3 aliphatic heterocycles. The molecular weight excluding hydrogens is 727 g/mol. The topological polar surface area (TPSA) is 129 Å². The number of aliphatic hydroxyl groups is 1. The summed E-state index contributed by atoms with van der Waals surface area (Å²) in [7, 11) is 0. The number of likely N-dealkylation sites (tertiary alicyclic amines) is 2. The van der Waals surface area contributed by atoms with E-state index in [1.54, 1.807) is 12.1 Å². The smallest absolute Gasteiger partial charge is 0.224 e. The van der Waals surface area contributed by atoms with E-state index in [-0.39, 0.29) is 30.6 Å². The second-order valence-corrected chi connectivity index (χ2v) is 16.3. The minimum absolute atomic E-state index is 0.0165. The normalized spacial score (nSPS) is 21.3. The molecule has 4 atom stereocenters. The molecule has 3 fully saturated rings.